The van der Waals surface area contributed by atoms with Gasteiger partial charge in [0.2, 0.25) is 0 Å². The van der Waals surface area contributed by atoms with Crippen LogP contribution in [-0.4, -0.2) is 17.9 Å². The fourth-order valence-electron chi connectivity index (χ4n) is 2.13. The molecule has 20 heavy (non-hydrogen) atoms. The van der Waals surface area contributed by atoms with Gasteiger partial charge in [-0.15, -0.1) is 0 Å². The second-order valence-corrected chi connectivity index (χ2v) is 4.35. The van der Waals surface area contributed by atoms with Crippen LogP contribution in [0.1, 0.15) is 18.9 Å². The number of amidine groups is 1. The summed E-state index contributed by atoms with van der Waals surface area (Å²) in [6.07, 6.45) is 4.40. The van der Waals surface area contributed by atoms with Gasteiger partial charge in [-0.2, -0.15) is 0 Å². The molecule has 2 aromatic rings. The molecule has 0 atom stereocenters. The predicted molar refractivity (Wildman–Crippen MR) is 85.8 cm³/mol. The minimum absolute atomic E-state index is 0.838. The SMILES string of the molecule is C=C(c1ccccc1)N(/C(CC)=N\C)c1ccncc1. The van der Waals surface area contributed by atoms with Crippen LogP contribution >= 0.6 is 0 Å². The topological polar surface area (TPSA) is 28.5 Å². The summed E-state index contributed by atoms with van der Waals surface area (Å²) < 4.78 is 0. The fraction of sp³-hybridized carbons (Fsp3) is 0.176. The van der Waals surface area contributed by atoms with Gasteiger partial charge in [0, 0.05) is 31.6 Å². The molecule has 0 bridgehead atoms. The van der Waals surface area contributed by atoms with Gasteiger partial charge in [0.1, 0.15) is 5.84 Å². The molecule has 1 aromatic carbocycles. The van der Waals surface area contributed by atoms with Gasteiger partial charge < -0.3 is 0 Å². The van der Waals surface area contributed by atoms with E-state index in [4.69, 9.17) is 0 Å². The standard InChI is InChI=1S/C17H19N3/c1-4-17(18-3)20(16-10-12-19-13-11-16)14(2)15-8-6-5-7-9-15/h5-13H,2,4H2,1,3H3/b18-17-. The first-order chi connectivity index (χ1) is 9.77. The van der Waals surface area contributed by atoms with Gasteiger partial charge in [-0.05, 0) is 17.7 Å². The van der Waals surface area contributed by atoms with Gasteiger partial charge in [-0.25, -0.2) is 0 Å². The molecule has 0 amide bonds. The maximum atomic E-state index is 4.39. The molecular weight excluding hydrogens is 246 g/mol. The summed E-state index contributed by atoms with van der Waals surface area (Å²) in [6.45, 7) is 6.34. The van der Waals surface area contributed by atoms with Crippen molar-refractivity contribution in [1.29, 1.82) is 0 Å². The van der Waals surface area contributed by atoms with Gasteiger partial charge in [-0.1, -0.05) is 43.8 Å². The van der Waals surface area contributed by atoms with Crippen LogP contribution in [0, 0.1) is 0 Å². The maximum absolute atomic E-state index is 4.39. The van der Waals surface area contributed by atoms with Crippen molar-refractivity contribution in [3.8, 4) is 0 Å². The number of pyridine rings is 1. The summed E-state index contributed by atoms with van der Waals surface area (Å²) >= 11 is 0. The molecule has 3 heteroatoms. The average Bonchev–Trinajstić information content (AvgIpc) is 2.53. The Bertz CT molecular complexity index is 588. The zero-order valence-electron chi connectivity index (χ0n) is 12.0. The quantitative estimate of drug-likeness (QED) is 0.617. The van der Waals surface area contributed by atoms with E-state index in [0.717, 1.165) is 29.2 Å². The van der Waals surface area contributed by atoms with Crippen LogP contribution in [0.4, 0.5) is 5.69 Å². The van der Waals surface area contributed by atoms with Crippen LogP contribution in [0.25, 0.3) is 5.70 Å². The Morgan fingerprint density at radius 3 is 2.35 bits per heavy atom. The molecule has 1 aromatic heterocycles. The van der Waals surface area contributed by atoms with Gasteiger partial charge in [0.15, 0.2) is 0 Å². The molecule has 0 spiro atoms. The monoisotopic (exact) mass is 265 g/mol. The molecule has 1 heterocycles. The van der Waals surface area contributed by atoms with Crippen molar-refractivity contribution in [2.45, 2.75) is 13.3 Å². The molecule has 0 aliphatic heterocycles. The van der Waals surface area contributed by atoms with Crippen molar-refractivity contribution in [1.82, 2.24) is 4.98 Å². The predicted octanol–water partition coefficient (Wildman–Crippen LogP) is 4.00. The normalized spacial score (nSPS) is 11.2. The van der Waals surface area contributed by atoms with E-state index in [2.05, 4.69) is 40.5 Å². The third-order valence-electron chi connectivity index (χ3n) is 3.13. The molecule has 0 N–H and O–H groups in total. The lowest BCUT2D eigenvalue weighted by Gasteiger charge is -2.27. The lowest BCUT2D eigenvalue weighted by Crippen LogP contribution is -2.28. The third kappa shape index (κ3) is 2.94. The Labute approximate surface area is 120 Å². The number of benzene rings is 1. The first-order valence-electron chi connectivity index (χ1n) is 6.68. The number of nitrogens with zero attached hydrogens (tertiary/aromatic N) is 3. The second-order valence-electron chi connectivity index (χ2n) is 4.35. The van der Waals surface area contributed by atoms with Crippen LogP contribution < -0.4 is 4.90 Å². The minimum atomic E-state index is 0.838. The Morgan fingerprint density at radius 1 is 1.15 bits per heavy atom. The first kappa shape index (κ1) is 14.0. The van der Waals surface area contributed by atoms with E-state index in [1.165, 1.54) is 0 Å². The minimum Gasteiger partial charge on any atom is -0.299 e. The molecule has 0 aliphatic rings. The lowest BCUT2D eigenvalue weighted by molar-refractivity contribution is 1.16. The maximum Gasteiger partial charge on any atom is 0.107 e. The number of aromatic nitrogens is 1. The summed E-state index contributed by atoms with van der Waals surface area (Å²) in [7, 11) is 1.81. The molecule has 102 valence electrons. The summed E-state index contributed by atoms with van der Waals surface area (Å²) in [5.41, 5.74) is 3.02. The lowest BCUT2D eigenvalue weighted by atomic mass is 10.1. The van der Waals surface area contributed by atoms with Crippen molar-refractivity contribution in [2.75, 3.05) is 11.9 Å². The number of aliphatic imine (C=N–C) groups is 1. The van der Waals surface area contributed by atoms with E-state index < -0.39 is 0 Å². The number of hydrogen-bond donors (Lipinski definition) is 0. The summed E-state index contributed by atoms with van der Waals surface area (Å²) in [5.74, 6) is 0.977. The molecule has 3 nitrogen and oxygen atoms in total. The zero-order valence-corrected chi connectivity index (χ0v) is 12.0. The highest BCUT2D eigenvalue weighted by Gasteiger charge is 2.16. The third-order valence-corrected chi connectivity index (χ3v) is 3.13. The zero-order chi connectivity index (χ0) is 14.4. The highest BCUT2D eigenvalue weighted by atomic mass is 15.2. The van der Waals surface area contributed by atoms with Gasteiger partial charge in [0.25, 0.3) is 0 Å². The summed E-state index contributed by atoms with van der Waals surface area (Å²) in [5, 5.41) is 0. The van der Waals surface area contributed by atoms with Gasteiger partial charge in [-0.3, -0.25) is 14.9 Å². The second kappa shape index (κ2) is 6.66. The van der Waals surface area contributed by atoms with Crippen LogP contribution in [0.15, 0.2) is 66.4 Å². The van der Waals surface area contributed by atoms with Crippen molar-refractivity contribution >= 4 is 17.2 Å². The molecule has 2 rings (SSSR count). The Morgan fingerprint density at radius 2 is 1.80 bits per heavy atom. The van der Waals surface area contributed by atoms with E-state index in [1.807, 2.05) is 37.4 Å². The van der Waals surface area contributed by atoms with Crippen molar-refractivity contribution in [2.24, 2.45) is 4.99 Å². The van der Waals surface area contributed by atoms with E-state index >= 15 is 0 Å². The first-order valence-corrected chi connectivity index (χ1v) is 6.68. The van der Waals surface area contributed by atoms with Crippen molar-refractivity contribution in [3.05, 3.63) is 67.0 Å². The Balaban J connectivity index is 2.45. The van der Waals surface area contributed by atoms with Crippen LogP contribution in [0.3, 0.4) is 0 Å². The van der Waals surface area contributed by atoms with E-state index in [9.17, 15) is 0 Å². The molecule has 0 aliphatic carbocycles. The average molecular weight is 265 g/mol. The van der Waals surface area contributed by atoms with Crippen molar-refractivity contribution in [3.63, 3.8) is 0 Å². The Hall–Kier alpha value is -2.42. The number of hydrogen-bond acceptors (Lipinski definition) is 2. The smallest absolute Gasteiger partial charge is 0.107 e. The molecular formula is C17H19N3. The number of anilines is 1. The molecule has 0 saturated heterocycles. The Kier molecular flexibility index (Phi) is 4.66. The van der Waals surface area contributed by atoms with Gasteiger partial charge in [0.05, 0.1) is 5.69 Å². The van der Waals surface area contributed by atoms with Crippen LogP contribution in [0.5, 0.6) is 0 Å². The molecule has 0 saturated carbocycles. The van der Waals surface area contributed by atoms with Crippen molar-refractivity contribution < 1.29 is 0 Å². The molecule has 0 unspecified atom stereocenters. The fourth-order valence-corrected chi connectivity index (χ4v) is 2.13. The summed E-state index contributed by atoms with van der Waals surface area (Å²) in [4.78, 5) is 10.5. The van der Waals surface area contributed by atoms with E-state index in [-0.39, 0.29) is 0 Å². The highest BCUT2D eigenvalue weighted by Crippen LogP contribution is 2.25. The van der Waals surface area contributed by atoms with E-state index in [1.54, 1.807) is 12.4 Å². The van der Waals surface area contributed by atoms with Crippen LogP contribution in [-0.2, 0) is 0 Å². The van der Waals surface area contributed by atoms with E-state index in [0.29, 0.717) is 0 Å². The largest absolute Gasteiger partial charge is 0.299 e. The molecule has 0 radical (unpaired) electrons. The van der Waals surface area contributed by atoms with Crippen LogP contribution in [0.2, 0.25) is 0 Å². The summed E-state index contributed by atoms with van der Waals surface area (Å²) in [6, 6.07) is 14.1. The van der Waals surface area contributed by atoms with Gasteiger partial charge >= 0.3 is 0 Å². The molecule has 0 fully saturated rings. The number of rotatable bonds is 4. The highest BCUT2D eigenvalue weighted by molar-refractivity contribution is 6.08.